The van der Waals surface area contributed by atoms with Gasteiger partial charge < -0.3 is 14.4 Å². The molecule has 2 rings (SSSR count). The van der Waals surface area contributed by atoms with Gasteiger partial charge in [0.15, 0.2) is 11.5 Å². The number of ether oxygens (including phenoxy) is 1. The first-order valence-electron chi connectivity index (χ1n) is 5.21. The average molecular weight is 218 g/mol. The molecule has 84 valence electrons. The summed E-state index contributed by atoms with van der Waals surface area (Å²) in [5, 5.41) is 9.52. The summed E-state index contributed by atoms with van der Waals surface area (Å²) in [6.07, 6.45) is 3.53. The summed E-state index contributed by atoms with van der Waals surface area (Å²) in [6, 6.07) is 6.93. The van der Waals surface area contributed by atoms with Crippen LogP contribution in [0.5, 0.6) is 11.5 Å². The molecule has 0 fully saturated rings. The Morgan fingerprint density at radius 2 is 2.19 bits per heavy atom. The number of nitrogens with zero attached hydrogens (tertiary/aromatic N) is 2. The van der Waals surface area contributed by atoms with E-state index >= 15 is 0 Å². The molecule has 0 aliphatic carbocycles. The number of imidazole rings is 1. The lowest BCUT2D eigenvalue weighted by Crippen LogP contribution is -2.03. The van der Waals surface area contributed by atoms with E-state index in [1.807, 2.05) is 17.6 Å². The van der Waals surface area contributed by atoms with Crippen LogP contribution < -0.4 is 4.74 Å². The van der Waals surface area contributed by atoms with Crippen molar-refractivity contribution >= 4 is 0 Å². The third kappa shape index (κ3) is 2.16. The Balaban J connectivity index is 2.05. The van der Waals surface area contributed by atoms with Crippen LogP contribution in [0.1, 0.15) is 12.6 Å². The molecule has 0 aliphatic rings. The van der Waals surface area contributed by atoms with Gasteiger partial charge in [0, 0.05) is 6.54 Å². The Labute approximate surface area is 94.1 Å². The van der Waals surface area contributed by atoms with Crippen molar-refractivity contribution < 1.29 is 9.84 Å². The largest absolute Gasteiger partial charge is 0.504 e. The van der Waals surface area contributed by atoms with Crippen molar-refractivity contribution in [3.8, 4) is 11.5 Å². The second kappa shape index (κ2) is 4.70. The Morgan fingerprint density at radius 3 is 2.94 bits per heavy atom. The lowest BCUT2D eigenvalue weighted by molar-refractivity contribution is 0.280. The van der Waals surface area contributed by atoms with E-state index < -0.39 is 0 Å². The van der Waals surface area contributed by atoms with E-state index in [9.17, 15) is 5.11 Å². The molecule has 16 heavy (non-hydrogen) atoms. The molecule has 1 N–H and O–H groups in total. The molecule has 0 bridgehead atoms. The quantitative estimate of drug-likeness (QED) is 0.855. The fourth-order valence-electron chi connectivity index (χ4n) is 1.48. The number of benzene rings is 1. The van der Waals surface area contributed by atoms with Crippen LogP contribution in [-0.2, 0) is 13.2 Å². The molecule has 0 radical (unpaired) electrons. The molecule has 1 heterocycles. The predicted molar refractivity (Wildman–Crippen MR) is 60.3 cm³/mol. The molecule has 0 saturated carbocycles. The van der Waals surface area contributed by atoms with Gasteiger partial charge in [-0.2, -0.15) is 0 Å². The monoisotopic (exact) mass is 218 g/mol. The van der Waals surface area contributed by atoms with Crippen LogP contribution in [0.2, 0.25) is 0 Å². The maximum Gasteiger partial charge on any atom is 0.161 e. The number of hydrogen-bond acceptors (Lipinski definition) is 3. The molecule has 0 saturated heterocycles. The van der Waals surface area contributed by atoms with E-state index in [4.69, 9.17) is 4.74 Å². The molecule has 1 aromatic carbocycles. The molecular weight excluding hydrogens is 204 g/mol. The van der Waals surface area contributed by atoms with Gasteiger partial charge in [0.1, 0.15) is 6.61 Å². The maximum absolute atomic E-state index is 9.52. The standard InChI is InChI=1S/C12H14N2O2/c1-2-14-9-13-7-10(14)8-16-12-6-4-3-5-11(12)15/h3-7,9,15H,2,8H2,1H3. The fraction of sp³-hybridized carbons (Fsp3) is 0.250. The average Bonchev–Trinajstić information content (AvgIpc) is 2.75. The van der Waals surface area contributed by atoms with Crippen LogP contribution in [0.25, 0.3) is 0 Å². The zero-order valence-electron chi connectivity index (χ0n) is 9.13. The van der Waals surface area contributed by atoms with Crippen molar-refractivity contribution in [3.63, 3.8) is 0 Å². The minimum absolute atomic E-state index is 0.157. The van der Waals surface area contributed by atoms with Crippen molar-refractivity contribution in [2.45, 2.75) is 20.1 Å². The van der Waals surface area contributed by atoms with E-state index in [1.165, 1.54) is 0 Å². The minimum Gasteiger partial charge on any atom is -0.504 e. The Kier molecular flexibility index (Phi) is 3.10. The third-order valence-corrected chi connectivity index (χ3v) is 2.38. The smallest absolute Gasteiger partial charge is 0.161 e. The lowest BCUT2D eigenvalue weighted by atomic mass is 10.3. The van der Waals surface area contributed by atoms with Crippen molar-refractivity contribution in [2.75, 3.05) is 0 Å². The second-order valence-corrected chi connectivity index (χ2v) is 3.43. The summed E-state index contributed by atoms with van der Waals surface area (Å²) in [4.78, 5) is 4.05. The van der Waals surface area contributed by atoms with Gasteiger partial charge in [-0.05, 0) is 19.1 Å². The first-order valence-corrected chi connectivity index (χ1v) is 5.21. The van der Waals surface area contributed by atoms with Crippen molar-refractivity contribution in [2.24, 2.45) is 0 Å². The number of para-hydroxylation sites is 2. The van der Waals surface area contributed by atoms with Crippen LogP contribution in [0, 0.1) is 0 Å². The summed E-state index contributed by atoms with van der Waals surface area (Å²) in [7, 11) is 0. The lowest BCUT2D eigenvalue weighted by Gasteiger charge is -2.08. The summed E-state index contributed by atoms with van der Waals surface area (Å²) >= 11 is 0. The van der Waals surface area contributed by atoms with E-state index in [1.54, 1.807) is 30.7 Å². The highest BCUT2D eigenvalue weighted by molar-refractivity contribution is 5.37. The summed E-state index contributed by atoms with van der Waals surface area (Å²) in [5.74, 6) is 0.649. The Bertz CT molecular complexity index is 466. The first kappa shape index (κ1) is 10.5. The Morgan fingerprint density at radius 1 is 1.38 bits per heavy atom. The molecular formula is C12H14N2O2. The summed E-state index contributed by atoms with van der Waals surface area (Å²) in [6.45, 7) is 3.32. The van der Waals surface area contributed by atoms with E-state index in [0.29, 0.717) is 12.4 Å². The van der Waals surface area contributed by atoms with Gasteiger partial charge in [-0.25, -0.2) is 4.98 Å². The van der Waals surface area contributed by atoms with Gasteiger partial charge in [-0.15, -0.1) is 0 Å². The van der Waals surface area contributed by atoms with Crippen LogP contribution in [0.15, 0.2) is 36.8 Å². The number of rotatable bonds is 4. The minimum atomic E-state index is 0.157. The zero-order chi connectivity index (χ0) is 11.4. The Hall–Kier alpha value is -1.97. The highest BCUT2D eigenvalue weighted by Crippen LogP contribution is 2.25. The third-order valence-electron chi connectivity index (χ3n) is 2.38. The highest BCUT2D eigenvalue weighted by atomic mass is 16.5. The van der Waals surface area contributed by atoms with Gasteiger partial charge in [-0.1, -0.05) is 12.1 Å². The zero-order valence-corrected chi connectivity index (χ0v) is 9.13. The van der Waals surface area contributed by atoms with Gasteiger partial charge in [0.25, 0.3) is 0 Å². The molecule has 0 amide bonds. The van der Waals surface area contributed by atoms with E-state index in [2.05, 4.69) is 4.98 Å². The van der Waals surface area contributed by atoms with Crippen LogP contribution in [0.3, 0.4) is 0 Å². The van der Waals surface area contributed by atoms with Crippen molar-refractivity contribution in [1.82, 2.24) is 9.55 Å². The molecule has 0 atom stereocenters. The number of aryl methyl sites for hydroxylation is 1. The number of phenols is 1. The fourth-order valence-corrected chi connectivity index (χ4v) is 1.48. The van der Waals surface area contributed by atoms with Crippen LogP contribution in [-0.4, -0.2) is 14.7 Å². The second-order valence-electron chi connectivity index (χ2n) is 3.43. The van der Waals surface area contributed by atoms with Crippen LogP contribution in [0.4, 0.5) is 0 Å². The van der Waals surface area contributed by atoms with Crippen molar-refractivity contribution in [3.05, 3.63) is 42.5 Å². The first-order chi connectivity index (χ1) is 7.81. The number of hydrogen-bond donors (Lipinski definition) is 1. The normalized spacial score (nSPS) is 10.3. The molecule has 4 heteroatoms. The summed E-state index contributed by atoms with van der Waals surface area (Å²) < 4.78 is 7.51. The molecule has 0 aliphatic heterocycles. The van der Waals surface area contributed by atoms with Gasteiger partial charge in [0.2, 0.25) is 0 Å². The topological polar surface area (TPSA) is 47.3 Å². The van der Waals surface area contributed by atoms with E-state index in [-0.39, 0.29) is 5.75 Å². The number of aromatic hydroxyl groups is 1. The molecule has 1 aromatic heterocycles. The molecule has 4 nitrogen and oxygen atoms in total. The van der Waals surface area contributed by atoms with Crippen LogP contribution >= 0.6 is 0 Å². The van der Waals surface area contributed by atoms with Crippen molar-refractivity contribution in [1.29, 1.82) is 0 Å². The molecule has 0 unspecified atom stereocenters. The highest BCUT2D eigenvalue weighted by Gasteiger charge is 2.04. The van der Waals surface area contributed by atoms with Gasteiger partial charge in [0.05, 0.1) is 18.2 Å². The van der Waals surface area contributed by atoms with Gasteiger partial charge >= 0.3 is 0 Å². The molecule has 0 spiro atoms. The summed E-state index contributed by atoms with van der Waals surface area (Å²) in [5.41, 5.74) is 0.991. The predicted octanol–water partition coefficient (Wildman–Crippen LogP) is 2.19. The number of phenolic OH excluding ortho intramolecular Hbond substituents is 1. The van der Waals surface area contributed by atoms with Gasteiger partial charge in [-0.3, -0.25) is 0 Å². The maximum atomic E-state index is 9.52. The van der Waals surface area contributed by atoms with E-state index in [0.717, 1.165) is 12.2 Å². The SMILES string of the molecule is CCn1cncc1COc1ccccc1O. The molecule has 2 aromatic rings. The number of aromatic nitrogens is 2.